The summed E-state index contributed by atoms with van der Waals surface area (Å²) in [6, 6.07) is 1.91. The van der Waals surface area contributed by atoms with E-state index in [1.165, 1.54) is 6.20 Å². The van der Waals surface area contributed by atoms with Gasteiger partial charge in [0.05, 0.1) is 11.8 Å². The fourth-order valence-corrected chi connectivity index (χ4v) is 0.312. The quantitative estimate of drug-likeness (QED) is 0.565. The molecule has 0 unspecified atom stereocenters. The van der Waals surface area contributed by atoms with E-state index in [1.807, 2.05) is 19.9 Å². The molecule has 0 bridgehead atoms. The van der Waals surface area contributed by atoms with E-state index in [9.17, 15) is 0 Å². The molecule has 0 aliphatic heterocycles. The molecule has 0 radical (unpaired) electrons. The van der Waals surface area contributed by atoms with Crippen LogP contribution in [0.15, 0.2) is 12.4 Å². The lowest BCUT2D eigenvalue weighted by molar-refractivity contribution is 1.09. The number of H-pyrrole nitrogens is 1. The molecule has 0 fully saturated rings. The van der Waals surface area contributed by atoms with Crippen molar-refractivity contribution >= 4 is 0 Å². The van der Waals surface area contributed by atoms with Crippen molar-refractivity contribution in [1.29, 1.82) is 5.26 Å². The smallest absolute Gasteiger partial charge is 0.102 e. The summed E-state index contributed by atoms with van der Waals surface area (Å²) < 4.78 is 0. The number of nitrogens with zero attached hydrogens (tertiary/aromatic N) is 2. The Balaban J connectivity index is 0.000000291. The van der Waals surface area contributed by atoms with E-state index in [0.29, 0.717) is 5.56 Å². The van der Waals surface area contributed by atoms with E-state index in [1.54, 1.807) is 6.20 Å². The Hall–Kier alpha value is -1.30. The van der Waals surface area contributed by atoms with Gasteiger partial charge in [-0.2, -0.15) is 10.4 Å². The Morgan fingerprint density at radius 3 is 2.56 bits per heavy atom. The molecule has 0 saturated carbocycles. The fourth-order valence-electron chi connectivity index (χ4n) is 0.312. The second-order valence-electron chi connectivity index (χ2n) is 1.10. The molecule has 3 nitrogen and oxygen atoms in total. The van der Waals surface area contributed by atoms with Gasteiger partial charge in [-0.15, -0.1) is 0 Å². The minimum atomic E-state index is 0.569. The number of nitriles is 1. The van der Waals surface area contributed by atoms with Gasteiger partial charge in [0.15, 0.2) is 0 Å². The van der Waals surface area contributed by atoms with Crippen LogP contribution in [0, 0.1) is 11.3 Å². The summed E-state index contributed by atoms with van der Waals surface area (Å²) in [5, 5.41) is 14.2. The second-order valence-corrected chi connectivity index (χ2v) is 1.10. The average molecular weight is 123 g/mol. The third kappa shape index (κ3) is 2.50. The van der Waals surface area contributed by atoms with Gasteiger partial charge < -0.3 is 0 Å². The van der Waals surface area contributed by atoms with Crippen LogP contribution in [0.25, 0.3) is 0 Å². The normalized spacial score (nSPS) is 6.78. The van der Waals surface area contributed by atoms with Crippen molar-refractivity contribution < 1.29 is 0 Å². The zero-order chi connectivity index (χ0) is 7.11. The standard InChI is InChI=1S/C4H3N3.C2H6/c5-1-4-2-6-7-3-4;1-2/h2-3H,(H,6,7);1-2H3. The van der Waals surface area contributed by atoms with E-state index in [0.717, 1.165) is 0 Å². The highest BCUT2D eigenvalue weighted by atomic mass is 15.1. The number of rotatable bonds is 0. The van der Waals surface area contributed by atoms with E-state index in [-0.39, 0.29) is 0 Å². The van der Waals surface area contributed by atoms with Gasteiger partial charge in [-0.25, -0.2) is 0 Å². The summed E-state index contributed by atoms with van der Waals surface area (Å²) in [5.41, 5.74) is 0.569. The maximum atomic E-state index is 8.12. The molecule has 3 heteroatoms. The highest BCUT2D eigenvalue weighted by molar-refractivity contribution is 5.20. The molecular formula is C6H9N3. The molecule has 1 N–H and O–H groups in total. The molecule has 1 rings (SSSR count). The van der Waals surface area contributed by atoms with Gasteiger partial charge in [-0.3, -0.25) is 5.10 Å². The Morgan fingerprint density at radius 2 is 2.33 bits per heavy atom. The molecule has 0 atom stereocenters. The van der Waals surface area contributed by atoms with Crippen molar-refractivity contribution in [1.82, 2.24) is 10.2 Å². The topological polar surface area (TPSA) is 52.5 Å². The Kier molecular flexibility index (Phi) is 4.15. The molecule has 0 amide bonds. The summed E-state index contributed by atoms with van der Waals surface area (Å²) in [5.74, 6) is 0. The lowest BCUT2D eigenvalue weighted by Gasteiger charge is -1.59. The molecular weight excluding hydrogens is 114 g/mol. The average Bonchev–Trinajstić information content (AvgIpc) is 2.43. The Morgan fingerprint density at radius 1 is 1.67 bits per heavy atom. The van der Waals surface area contributed by atoms with Crippen LogP contribution in [0.2, 0.25) is 0 Å². The van der Waals surface area contributed by atoms with Crippen LogP contribution in [-0.4, -0.2) is 10.2 Å². The highest BCUT2D eigenvalue weighted by Crippen LogP contribution is 1.85. The van der Waals surface area contributed by atoms with Crippen LogP contribution < -0.4 is 0 Å². The first-order valence-electron chi connectivity index (χ1n) is 2.82. The van der Waals surface area contributed by atoms with E-state index in [2.05, 4.69) is 10.2 Å². The molecule has 0 saturated heterocycles. The molecule has 1 heterocycles. The molecule has 9 heavy (non-hydrogen) atoms. The minimum absolute atomic E-state index is 0.569. The van der Waals surface area contributed by atoms with Gasteiger partial charge in [0, 0.05) is 6.20 Å². The molecule has 48 valence electrons. The van der Waals surface area contributed by atoms with Crippen molar-refractivity contribution in [2.24, 2.45) is 0 Å². The van der Waals surface area contributed by atoms with Crippen LogP contribution in [0.1, 0.15) is 19.4 Å². The van der Waals surface area contributed by atoms with Crippen LogP contribution in [-0.2, 0) is 0 Å². The van der Waals surface area contributed by atoms with Gasteiger partial charge in [0.1, 0.15) is 6.07 Å². The van der Waals surface area contributed by atoms with Crippen LogP contribution in [0.5, 0.6) is 0 Å². The Bertz CT molecular complexity index is 171. The zero-order valence-electron chi connectivity index (χ0n) is 5.55. The summed E-state index contributed by atoms with van der Waals surface area (Å²) in [6.45, 7) is 4.00. The van der Waals surface area contributed by atoms with Gasteiger partial charge in [0.25, 0.3) is 0 Å². The fraction of sp³-hybridized carbons (Fsp3) is 0.333. The Labute approximate surface area is 54.3 Å². The predicted octanol–water partition coefficient (Wildman–Crippen LogP) is 1.31. The maximum absolute atomic E-state index is 8.12. The summed E-state index contributed by atoms with van der Waals surface area (Å²) in [4.78, 5) is 0. The summed E-state index contributed by atoms with van der Waals surface area (Å²) in [6.07, 6.45) is 3.01. The lowest BCUT2D eigenvalue weighted by atomic mass is 10.4. The molecule has 0 aliphatic carbocycles. The SMILES string of the molecule is CC.N#Cc1cn[nH]c1. The maximum Gasteiger partial charge on any atom is 0.102 e. The molecule has 0 aliphatic rings. The van der Waals surface area contributed by atoms with Gasteiger partial charge in [0.2, 0.25) is 0 Å². The van der Waals surface area contributed by atoms with E-state index in [4.69, 9.17) is 5.26 Å². The molecule has 1 aromatic heterocycles. The number of hydrogen-bond donors (Lipinski definition) is 1. The van der Waals surface area contributed by atoms with Crippen molar-refractivity contribution in [2.75, 3.05) is 0 Å². The highest BCUT2D eigenvalue weighted by Gasteiger charge is 1.82. The van der Waals surface area contributed by atoms with Crippen LogP contribution >= 0.6 is 0 Å². The third-order valence-electron chi connectivity index (χ3n) is 0.627. The van der Waals surface area contributed by atoms with Gasteiger partial charge >= 0.3 is 0 Å². The number of aromatic amines is 1. The molecule has 1 aromatic rings. The first-order chi connectivity index (χ1) is 4.43. The van der Waals surface area contributed by atoms with Crippen molar-refractivity contribution in [3.63, 3.8) is 0 Å². The van der Waals surface area contributed by atoms with Crippen molar-refractivity contribution in [3.05, 3.63) is 18.0 Å². The number of aromatic nitrogens is 2. The second kappa shape index (κ2) is 4.85. The predicted molar refractivity (Wildman–Crippen MR) is 34.7 cm³/mol. The van der Waals surface area contributed by atoms with E-state index < -0.39 is 0 Å². The number of nitrogens with one attached hydrogen (secondary N) is 1. The summed E-state index contributed by atoms with van der Waals surface area (Å²) in [7, 11) is 0. The molecule has 0 spiro atoms. The molecule has 0 aromatic carbocycles. The third-order valence-corrected chi connectivity index (χ3v) is 0.627. The van der Waals surface area contributed by atoms with Crippen molar-refractivity contribution in [3.8, 4) is 6.07 Å². The minimum Gasteiger partial charge on any atom is -0.284 e. The summed E-state index contributed by atoms with van der Waals surface area (Å²) >= 11 is 0. The van der Waals surface area contributed by atoms with Crippen LogP contribution in [0.4, 0.5) is 0 Å². The lowest BCUT2D eigenvalue weighted by Crippen LogP contribution is -1.56. The van der Waals surface area contributed by atoms with Gasteiger partial charge in [-0.1, -0.05) is 13.8 Å². The monoisotopic (exact) mass is 123 g/mol. The zero-order valence-corrected chi connectivity index (χ0v) is 5.55. The van der Waals surface area contributed by atoms with Crippen LogP contribution in [0.3, 0.4) is 0 Å². The largest absolute Gasteiger partial charge is 0.284 e. The van der Waals surface area contributed by atoms with E-state index >= 15 is 0 Å². The number of hydrogen-bond acceptors (Lipinski definition) is 2. The first kappa shape index (κ1) is 7.70. The van der Waals surface area contributed by atoms with Gasteiger partial charge in [-0.05, 0) is 0 Å². The van der Waals surface area contributed by atoms with Crippen molar-refractivity contribution in [2.45, 2.75) is 13.8 Å². The first-order valence-corrected chi connectivity index (χ1v) is 2.82.